The fourth-order valence-corrected chi connectivity index (χ4v) is 3.73. The second-order valence-corrected chi connectivity index (χ2v) is 6.08. The van der Waals surface area contributed by atoms with Gasteiger partial charge in [0.15, 0.2) is 0 Å². The summed E-state index contributed by atoms with van der Waals surface area (Å²) in [5.74, 6) is 0. The lowest BCUT2D eigenvalue weighted by atomic mass is 10.00. The Morgan fingerprint density at radius 2 is 2.11 bits per heavy atom. The number of benzene rings is 1. The molecule has 0 fully saturated rings. The van der Waals surface area contributed by atoms with E-state index in [1.807, 2.05) is 6.20 Å². The Morgan fingerprint density at radius 3 is 2.95 bits per heavy atom. The van der Waals surface area contributed by atoms with Gasteiger partial charge in [0.05, 0.1) is 6.20 Å². The predicted octanol–water partition coefficient (Wildman–Crippen LogP) is 2.97. The highest BCUT2D eigenvalue weighted by atomic mass is 32.2. The standard InChI is InChI=1S/C15H17N3S/c16-15-12-6-2-1-4-11(12)5-3-7-13(15)19-14-10-17-8-9-18-14/h1-2,4,6,8-10,13,15H,3,5,7,16H2. The first kappa shape index (κ1) is 12.6. The van der Waals surface area contributed by atoms with Gasteiger partial charge in [0.2, 0.25) is 0 Å². The fraction of sp³-hybridized carbons (Fsp3) is 0.333. The van der Waals surface area contributed by atoms with Crippen LogP contribution >= 0.6 is 11.8 Å². The van der Waals surface area contributed by atoms with Gasteiger partial charge in [0.1, 0.15) is 5.03 Å². The van der Waals surface area contributed by atoms with Crippen molar-refractivity contribution in [2.75, 3.05) is 0 Å². The maximum absolute atomic E-state index is 6.47. The van der Waals surface area contributed by atoms with Gasteiger partial charge in [0.25, 0.3) is 0 Å². The largest absolute Gasteiger partial charge is 0.323 e. The number of nitrogens with zero attached hydrogens (tertiary/aromatic N) is 2. The van der Waals surface area contributed by atoms with E-state index in [9.17, 15) is 0 Å². The van der Waals surface area contributed by atoms with E-state index in [1.54, 1.807) is 24.2 Å². The van der Waals surface area contributed by atoms with Crippen LogP contribution < -0.4 is 5.73 Å². The molecule has 0 bridgehead atoms. The van der Waals surface area contributed by atoms with Crippen LogP contribution in [0.25, 0.3) is 0 Å². The summed E-state index contributed by atoms with van der Waals surface area (Å²) in [7, 11) is 0. The number of nitrogens with two attached hydrogens (primary N) is 1. The Bertz CT molecular complexity index is 544. The summed E-state index contributed by atoms with van der Waals surface area (Å²) in [6.45, 7) is 0. The van der Waals surface area contributed by atoms with Crippen molar-refractivity contribution in [2.45, 2.75) is 35.6 Å². The third-order valence-corrected chi connectivity index (χ3v) is 4.85. The summed E-state index contributed by atoms with van der Waals surface area (Å²) < 4.78 is 0. The molecular weight excluding hydrogens is 254 g/mol. The molecule has 2 unspecified atom stereocenters. The summed E-state index contributed by atoms with van der Waals surface area (Å²) in [5.41, 5.74) is 9.16. The molecule has 1 heterocycles. The summed E-state index contributed by atoms with van der Waals surface area (Å²) in [6, 6.07) is 8.61. The van der Waals surface area contributed by atoms with Gasteiger partial charge < -0.3 is 5.73 Å². The predicted molar refractivity (Wildman–Crippen MR) is 78.0 cm³/mol. The molecule has 2 aromatic rings. The Balaban J connectivity index is 1.84. The summed E-state index contributed by atoms with van der Waals surface area (Å²) >= 11 is 1.75. The van der Waals surface area contributed by atoms with Crippen LogP contribution in [-0.4, -0.2) is 15.2 Å². The second kappa shape index (κ2) is 5.72. The number of fused-ring (bicyclic) bond motifs is 1. The number of aryl methyl sites for hydroxylation is 1. The normalized spacial score (nSPS) is 22.6. The van der Waals surface area contributed by atoms with Crippen LogP contribution in [0.5, 0.6) is 0 Å². The van der Waals surface area contributed by atoms with Crippen molar-refractivity contribution >= 4 is 11.8 Å². The summed E-state index contributed by atoms with van der Waals surface area (Å²) in [6.07, 6.45) is 8.68. The average molecular weight is 271 g/mol. The van der Waals surface area contributed by atoms with Crippen molar-refractivity contribution in [1.82, 2.24) is 9.97 Å². The number of rotatable bonds is 2. The van der Waals surface area contributed by atoms with Gasteiger partial charge in [-0.1, -0.05) is 36.0 Å². The molecule has 1 aromatic heterocycles. The molecule has 4 heteroatoms. The molecule has 98 valence electrons. The number of hydrogen-bond donors (Lipinski definition) is 1. The van der Waals surface area contributed by atoms with Crippen LogP contribution in [0.1, 0.15) is 30.0 Å². The van der Waals surface area contributed by atoms with E-state index in [4.69, 9.17) is 5.73 Å². The van der Waals surface area contributed by atoms with E-state index >= 15 is 0 Å². The van der Waals surface area contributed by atoms with Gasteiger partial charge in [-0.15, -0.1) is 0 Å². The lowest BCUT2D eigenvalue weighted by molar-refractivity contribution is 0.631. The third-order valence-electron chi connectivity index (χ3n) is 3.56. The van der Waals surface area contributed by atoms with E-state index in [-0.39, 0.29) is 6.04 Å². The van der Waals surface area contributed by atoms with Gasteiger partial charge in [-0.25, -0.2) is 4.98 Å². The molecule has 0 saturated heterocycles. The first-order valence-corrected chi connectivity index (χ1v) is 7.48. The van der Waals surface area contributed by atoms with Crippen LogP contribution in [0, 0.1) is 0 Å². The minimum atomic E-state index is 0.0747. The minimum Gasteiger partial charge on any atom is -0.323 e. The molecule has 0 aliphatic heterocycles. The van der Waals surface area contributed by atoms with Crippen molar-refractivity contribution in [1.29, 1.82) is 0 Å². The van der Waals surface area contributed by atoms with Gasteiger partial charge in [-0.05, 0) is 30.4 Å². The Labute approximate surface area is 117 Å². The SMILES string of the molecule is NC1c2ccccc2CCCC1Sc1cnccn1. The van der Waals surface area contributed by atoms with Gasteiger partial charge >= 0.3 is 0 Å². The lowest BCUT2D eigenvalue weighted by Gasteiger charge is -2.21. The van der Waals surface area contributed by atoms with E-state index < -0.39 is 0 Å². The second-order valence-electron chi connectivity index (χ2n) is 4.82. The highest BCUT2D eigenvalue weighted by Gasteiger charge is 2.25. The Morgan fingerprint density at radius 1 is 1.21 bits per heavy atom. The molecule has 0 radical (unpaired) electrons. The van der Waals surface area contributed by atoms with Crippen molar-refractivity contribution in [3.05, 3.63) is 54.0 Å². The Hall–Kier alpha value is -1.39. The number of hydrogen-bond acceptors (Lipinski definition) is 4. The molecule has 2 atom stereocenters. The van der Waals surface area contributed by atoms with Crippen molar-refractivity contribution in [3.8, 4) is 0 Å². The first-order chi connectivity index (χ1) is 9.34. The van der Waals surface area contributed by atoms with Crippen molar-refractivity contribution in [2.24, 2.45) is 5.73 Å². The van der Waals surface area contributed by atoms with Crippen LogP contribution in [0.15, 0.2) is 47.9 Å². The topological polar surface area (TPSA) is 51.8 Å². The van der Waals surface area contributed by atoms with E-state index in [2.05, 4.69) is 34.2 Å². The molecule has 19 heavy (non-hydrogen) atoms. The third kappa shape index (κ3) is 2.80. The summed E-state index contributed by atoms with van der Waals surface area (Å²) in [4.78, 5) is 8.46. The molecule has 0 spiro atoms. The van der Waals surface area contributed by atoms with Gasteiger partial charge in [0, 0.05) is 23.7 Å². The molecule has 1 aliphatic rings. The number of thioether (sulfide) groups is 1. The quantitative estimate of drug-likeness (QED) is 0.853. The fourth-order valence-electron chi connectivity index (χ4n) is 2.59. The summed E-state index contributed by atoms with van der Waals surface area (Å²) in [5, 5.41) is 1.34. The zero-order valence-electron chi connectivity index (χ0n) is 10.7. The van der Waals surface area contributed by atoms with Gasteiger partial charge in [-0.2, -0.15) is 0 Å². The molecule has 3 nitrogen and oxygen atoms in total. The van der Waals surface area contributed by atoms with Crippen molar-refractivity contribution in [3.63, 3.8) is 0 Å². The molecule has 2 N–H and O–H groups in total. The van der Waals surface area contributed by atoms with Crippen LogP contribution in [-0.2, 0) is 6.42 Å². The molecule has 1 aliphatic carbocycles. The van der Waals surface area contributed by atoms with Crippen LogP contribution in [0.2, 0.25) is 0 Å². The monoisotopic (exact) mass is 271 g/mol. The number of aromatic nitrogens is 2. The molecule has 0 saturated carbocycles. The van der Waals surface area contributed by atoms with E-state index in [0.29, 0.717) is 5.25 Å². The minimum absolute atomic E-state index is 0.0747. The zero-order chi connectivity index (χ0) is 13.1. The van der Waals surface area contributed by atoms with Gasteiger partial charge in [-0.3, -0.25) is 4.98 Å². The van der Waals surface area contributed by atoms with Crippen LogP contribution in [0.3, 0.4) is 0 Å². The highest BCUT2D eigenvalue weighted by Crippen LogP contribution is 2.36. The maximum Gasteiger partial charge on any atom is 0.115 e. The average Bonchev–Trinajstić information content (AvgIpc) is 2.61. The van der Waals surface area contributed by atoms with Crippen molar-refractivity contribution < 1.29 is 0 Å². The molecule has 0 amide bonds. The van der Waals surface area contributed by atoms with E-state index in [1.165, 1.54) is 17.5 Å². The smallest absolute Gasteiger partial charge is 0.115 e. The molecular formula is C15H17N3S. The molecule has 3 rings (SSSR count). The van der Waals surface area contributed by atoms with Crippen LogP contribution in [0.4, 0.5) is 0 Å². The first-order valence-electron chi connectivity index (χ1n) is 6.60. The highest BCUT2D eigenvalue weighted by molar-refractivity contribution is 7.99. The zero-order valence-corrected chi connectivity index (χ0v) is 11.5. The lowest BCUT2D eigenvalue weighted by Crippen LogP contribution is -2.23. The molecule has 1 aromatic carbocycles. The van der Waals surface area contributed by atoms with E-state index in [0.717, 1.165) is 17.9 Å². The maximum atomic E-state index is 6.47. The Kier molecular flexibility index (Phi) is 3.80.